The third kappa shape index (κ3) is 8.83. The molecule has 2 N–H and O–H groups in total. The number of fused-ring (bicyclic) bond motifs is 1. The Bertz CT molecular complexity index is 1970. The van der Waals surface area contributed by atoms with Crippen LogP contribution in [0.2, 0.25) is 0 Å². The van der Waals surface area contributed by atoms with Gasteiger partial charge in [0.05, 0.1) is 38.7 Å². The van der Waals surface area contributed by atoms with Crippen LogP contribution in [-0.2, 0) is 19.9 Å². The van der Waals surface area contributed by atoms with Gasteiger partial charge in [-0.1, -0.05) is 81.3 Å². The molecule has 1 aliphatic heterocycles. The smallest absolute Gasteiger partial charge is 0.233 e. The summed E-state index contributed by atoms with van der Waals surface area (Å²) in [6.07, 6.45) is 4.38. The molecule has 14 heteroatoms. The van der Waals surface area contributed by atoms with E-state index in [0.717, 1.165) is 55.5 Å². The molecule has 0 saturated carbocycles. The number of nitrogens with zero attached hydrogens (tertiary/aromatic N) is 6. The predicted octanol–water partition coefficient (Wildman–Crippen LogP) is 7.39. The Kier molecular flexibility index (Phi) is 13.5. The van der Waals surface area contributed by atoms with E-state index < -0.39 is 24.0 Å². The fourth-order valence-electron chi connectivity index (χ4n) is 6.77. The monoisotopic (exact) mass is 813 g/mol. The highest BCUT2D eigenvalue weighted by molar-refractivity contribution is 9.10. The van der Waals surface area contributed by atoms with Gasteiger partial charge < -0.3 is 29.0 Å². The van der Waals surface area contributed by atoms with Gasteiger partial charge in [-0.25, -0.2) is 9.67 Å². The highest BCUT2D eigenvalue weighted by Crippen LogP contribution is 2.43. The number of aliphatic hydroxyl groups is 1. The van der Waals surface area contributed by atoms with Gasteiger partial charge in [0.2, 0.25) is 12.4 Å². The van der Waals surface area contributed by atoms with Gasteiger partial charge in [0.25, 0.3) is 0 Å². The lowest BCUT2D eigenvalue weighted by Crippen LogP contribution is -2.38. The van der Waals surface area contributed by atoms with Crippen molar-refractivity contribution in [2.45, 2.75) is 70.0 Å². The molecule has 6 rings (SSSR count). The van der Waals surface area contributed by atoms with Crippen molar-refractivity contribution in [3.63, 3.8) is 0 Å². The Hall–Kier alpha value is -4.89. The summed E-state index contributed by atoms with van der Waals surface area (Å²) >= 11 is 3.61. The summed E-state index contributed by atoms with van der Waals surface area (Å²) in [7, 11) is 3.26. The Morgan fingerprint density at radius 3 is 2.11 bits per heavy atom. The minimum atomic E-state index is -1.10. The average molecular weight is 815 g/mol. The minimum absolute atomic E-state index is 0.0266. The number of methoxy groups -OCH3 is 2. The SMILES string of the molecule is CCCCN(C=Nc1nc(NC=O)nc2c1c(Br)nn2[C@@H]1C[C@H](O)[C@@H](COC(c2ccccc2)(c2ccc(OC)cc2)c2ccc(OC)cc2)O1)CCCC. The number of aliphatic imine (C=N–C) groups is 1. The maximum atomic E-state index is 11.5. The lowest BCUT2D eigenvalue weighted by atomic mass is 9.80. The average Bonchev–Trinajstić information content (AvgIpc) is 3.76. The van der Waals surface area contributed by atoms with Crippen molar-refractivity contribution in [1.29, 1.82) is 0 Å². The molecule has 1 amide bonds. The van der Waals surface area contributed by atoms with Crippen LogP contribution in [0.4, 0.5) is 11.8 Å². The first-order valence-electron chi connectivity index (χ1n) is 18.6. The number of aromatic nitrogens is 4. The van der Waals surface area contributed by atoms with Gasteiger partial charge >= 0.3 is 0 Å². The van der Waals surface area contributed by atoms with Crippen LogP contribution < -0.4 is 14.8 Å². The number of rotatable bonds is 19. The van der Waals surface area contributed by atoms with Crippen LogP contribution in [0.1, 0.15) is 68.9 Å². The molecule has 3 heterocycles. The highest BCUT2D eigenvalue weighted by Gasteiger charge is 2.42. The van der Waals surface area contributed by atoms with Crippen molar-refractivity contribution < 1.29 is 28.8 Å². The Balaban J connectivity index is 1.33. The Labute approximate surface area is 329 Å². The summed E-state index contributed by atoms with van der Waals surface area (Å²) in [4.78, 5) is 27.6. The van der Waals surface area contributed by atoms with E-state index in [1.165, 1.54) is 0 Å². The fraction of sp³-hybridized carbons (Fsp3) is 0.390. The molecule has 0 spiro atoms. The number of aliphatic hydroxyl groups excluding tert-OH is 1. The first-order valence-corrected chi connectivity index (χ1v) is 19.4. The summed E-state index contributed by atoms with van der Waals surface area (Å²) in [5.74, 6) is 1.84. The predicted molar refractivity (Wildman–Crippen MR) is 215 cm³/mol. The Morgan fingerprint density at radius 2 is 1.55 bits per heavy atom. The van der Waals surface area contributed by atoms with E-state index >= 15 is 0 Å². The number of hydrogen-bond acceptors (Lipinski definition) is 10. The van der Waals surface area contributed by atoms with Gasteiger partial charge in [-0.05, 0) is 69.7 Å². The number of ether oxygens (including phenoxy) is 4. The standard InChI is InChI=1S/C41H48BrN7O6/c1-5-7-22-48(23-8-6-2)26-43-38-36-37(42)47-49(39(36)46-40(45-38)44-27-50)35-24-33(51)34(55-35)25-54-41(28-12-10-9-11-13-28,29-14-18-31(52-3)19-15-29)30-16-20-32(53-4)21-17-30/h9-21,26-27,33-35,51H,5-8,22-25H2,1-4H3,(H,44,45,46,50)/t33-,34+,35-/m0/s1. The van der Waals surface area contributed by atoms with Crippen molar-refractivity contribution >= 4 is 51.5 Å². The van der Waals surface area contributed by atoms with Crippen LogP contribution in [0.3, 0.4) is 0 Å². The van der Waals surface area contributed by atoms with Crippen LogP contribution in [0.25, 0.3) is 11.0 Å². The molecular weight excluding hydrogens is 766 g/mol. The van der Waals surface area contributed by atoms with Gasteiger partial charge in [-0.3, -0.25) is 10.1 Å². The molecule has 0 radical (unpaired) electrons. The van der Waals surface area contributed by atoms with Crippen LogP contribution in [-0.4, -0.2) is 88.6 Å². The molecule has 55 heavy (non-hydrogen) atoms. The first-order chi connectivity index (χ1) is 26.8. The van der Waals surface area contributed by atoms with Crippen molar-refractivity contribution in [1.82, 2.24) is 24.6 Å². The fourth-order valence-corrected chi connectivity index (χ4v) is 7.30. The van der Waals surface area contributed by atoms with E-state index in [4.69, 9.17) is 29.0 Å². The Morgan fingerprint density at radius 1 is 0.945 bits per heavy atom. The molecule has 1 fully saturated rings. The van der Waals surface area contributed by atoms with Gasteiger partial charge in [-0.15, -0.1) is 0 Å². The third-order valence-corrected chi connectivity index (χ3v) is 10.3. The summed E-state index contributed by atoms with van der Waals surface area (Å²) in [6.45, 7) is 6.08. The zero-order chi connectivity index (χ0) is 38.8. The molecule has 2 aromatic heterocycles. The van der Waals surface area contributed by atoms with Crippen molar-refractivity contribution in [2.75, 3.05) is 39.2 Å². The number of unbranched alkanes of at least 4 members (excludes halogenated alkanes) is 2. The van der Waals surface area contributed by atoms with Gasteiger partial charge in [-0.2, -0.15) is 15.1 Å². The number of nitrogens with one attached hydrogen (secondary N) is 1. The molecule has 3 aromatic carbocycles. The second-order valence-electron chi connectivity index (χ2n) is 13.3. The van der Waals surface area contributed by atoms with Gasteiger partial charge in [0.15, 0.2) is 17.7 Å². The third-order valence-electron chi connectivity index (χ3n) is 9.73. The zero-order valence-corrected chi connectivity index (χ0v) is 33.2. The topological polar surface area (TPSA) is 145 Å². The largest absolute Gasteiger partial charge is 0.497 e. The second kappa shape index (κ2) is 18.6. The molecule has 0 aliphatic carbocycles. The lowest BCUT2D eigenvalue weighted by Gasteiger charge is -2.37. The van der Waals surface area contributed by atoms with E-state index in [9.17, 15) is 9.90 Å². The molecule has 13 nitrogen and oxygen atoms in total. The molecule has 3 atom stereocenters. The first kappa shape index (κ1) is 39.8. The summed E-state index contributed by atoms with van der Waals surface area (Å²) in [6, 6.07) is 25.5. The quantitative estimate of drug-likeness (QED) is 0.0375. The maximum Gasteiger partial charge on any atom is 0.233 e. The maximum absolute atomic E-state index is 11.5. The summed E-state index contributed by atoms with van der Waals surface area (Å²) in [5.41, 5.74) is 1.90. The molecule has 5 aromatic rings. The molecular formula is C41H48BrN7O6. The van der Waals surface area contributed by atoms with E-state index in [2.05, 4.69) is 50.0 Å². The summed E-state index contributed by atoms with van der Waals surface area (Å²) < 4.78 is 26.6. The van der Waals surface area contributed by atoms with E-state index in [1.807, 2.05) is 78.9 Å². The van der Waals surface area contributed by atoms with Crippen molar-refractivity contribution in [3.8, 4) is 11.5 Å². The van der Waals surface area contributed by atoms with Crippen LogP contribution in [0, 0.1) is 0 Å². The van der Waals surface area contributed by atoms with Crippen molar-refractivity contribution in [2.24, 2.45) is 4.99 Å². The number of anilines is 1. The number of carbonyl (C=O) groups excluding carboxylic acids is 1. The van der Waals surface area contributed by atoms with Crippen LogP contribution in [0.15, 0.2) is 88.5 Å². The second-order valence-corrected chi connectivity index (χ2v) is 14.1. The molecule has 1 saturated heterocycles. The van der Waals surface area contributed by atoms with E-state index in [1.54, 1.807) is 25.2 Å². The van der Waals surface area contributed by atoms with Crippen LogP contribution in [0.5, 0.6) is 11.5 Å². The van der Waals surface area contributed by atoms with E-state index in [0.29, 0.717) is 39.4 Å². The number of halogens is 1. The molecule has 0 bridgehead atoms. The normalized spacial score (nSPS) is 17.2. The zero-order valence-electron chi connectivity index (χ0n) is 31.6. The number of benzene rings is 3. The lowest BCUT2D eigenvalue weighted by molar-refractivity contribution is -0.105. The molecule has 0 unspecified atom stereocenters. The van der Waals surface area contributed by atoms with Crippen molar-refractivity contribution in [3.05, 3.63) is 100 Å². The van der Waals surface area contributed by atoms with Crippen LogP contribution >= 0.6 is 15.9 Å². The number of carbonyl (C=O) groups is 1. The molecule has 290 valence electrons. The highest BCUT2D eigenvalue weighted by atomic mass is 79.9. The van der Waals surface area contributed by atoms with E-state index in [-0.39, 0.29) is 19.0 Å². The van der Waals surface area contributed by atoms with Gasteiger partial charge in [0.1, 0.15) is 27.8 Å². The van der Waals surface area contributed by atoms with Gasteiger partial charge in [0, 0.05) is 19.5 Å². The minimum Gasteiger partial charge on any atom is -0.497 e. The molecule has 1 aliphatic rings. The number of hydrogen-bond donors (Lipinski definition) is 2. The number of amides is 1. The summed E-state index contributed by atoms with van der Waals surface area (Å²) in [5, 5.41) is 19.4.